The summed E-state index contributed by atoms with van der Waals surface area (Å²) in [7, 11) is 0. The number of halogens is 2. The zero-order chi connectivity index (χ0) is 29.9. The molecule has 0 radical (unpaired) electrons. The second-order valence-corrected chi connectivity index (χ2v) is 13.9. The van der Waals surface area contributed by atoms with Gasteiger partial charge in [-0.1, -0.05) is 41.4 Å². The van der Waals surface area contributed by atoms with Crippen molar-refractivity contribution in [3.8, 4) is 11.6 Å². The summed E-state index contributed by atoms with van der Waals surface area (Å²) >= 11 is 19.0. The lowest BCUT2D eigenvalue weighted by molar-refractivity contribution is -0.149. The van der Waals surface area contributed by atoms with Gasteiger partial charge in [-0.05, 0) is 51.6 Å². The van der Waals surface area contributed by atoms with E-state index in [2.05, 4.69) is 20.0 Å². The van der Waals surface area contributed by atoms with Gasteiger partial charge in [0, 0.05) is 0 Å². The second kappa shape index (κ2) is 12.9. The summed E-state index contributed by atoms with van der Waals surface area (Å²) < 4.78 is 28.5. The number of alkyl halides is 2. The molecule has 2 aromatic heterocycles. The summed E-state index contributed by atoms with van der Waals surface area (Å²) in [6, 6.07) is 7.85. The number of hydrogen-bond donors (Lipinski definition) is 3. The van der Waals surface area contributed by atoms with Gasteiger partial charge < -0.3 is 34.1 Å². The summed E-state index contributed by atoms with van der Waals surface area (Å²) in [5.74, 6) is -0.00981. The van der Waals surface area contributed by atoms with Crippen LogP contribution < -0.4 is 20.1 Å². The lowest BCUT2D eigenvalue weighted by atomic mass is 10.2. The van der Waals surface area contributed by atoms with Crippen LogP contribution in [0.15, 0.2) is 36.7 Å². The number of nitrogen functional groups attached to an aromatic ring is 1. The molecule has 13 nitrogen and oxygen atoms in total. The van der Waals surface area contributed by atoms with E-state index in [-0.39, 0.29) is 30.2 Å². The number of carbonyl (C=O) groups excluding carboxylic acids is 1. The van der Waals surface area contributed by atoms with Crippen molar-refractivity contribution in [1.29, 1.82) is 0 Å². The number of nitrogens with zero attached hydrogens (tertiary/aromatic N) is 4. The van der Waals surface area contributed by atoms with Crippen LogP contribution in [0.25, 0.3) is 11.2 Å². The Bertz CT molecular complexity index is 1420. The molecule has 2 unspecified atom stereocenters. The maximum absolute atomic E-state index is 12.5. The van der Waals surface area contributed by atoms with Gasteiger partial charge in [0.15, 0.2) is 21.7 Å². The monoisotopic (exact) mass is 648 g/mol. The van der Waals surface area contributed by atoms with Crippen LogP contribution in [0.2, 0.25) is 0 Å². The number of nitrogens with two attached hydrogens (primary N) is 1. The molecule has 4 rings (SSSR count). The summed E-state index contributed by atoms with van der Waals surface area (Å²) in [5.41, 5.74) is 6.41. The summed E-state index contributed by atoms with van der Waals surface area (Å²) in [6.45, 7) is 3.44. The van der Waals surface area contributed by atoms with Gasteiger partial charge >= 0.3 is 12.6 Å². The normalized spacial score (nSPS) is 22.4. The fourth-order valence-corrected chi connectivity index (χ4v) is 6.94. The summed E-state index contributed by atoms with van der Waals surface area (Å²) in [6.07, 6.45) is -2.62. The molecule has 0 bridgehead atoms. The van der Waals surface area contributed by atoms with Crippen molar-refractivity contribution in [3.63, 3.8) is 0 Å². The van der Waals surface area contributed by atoms with Crippen LogP contribution >= 0.6 is 29.8 Å². The van der Waals surface area contributed by atoms with Crippen LogP contribution in [0, 0.1) is 0 Å². The molecule has 1 aromatic carbocycles. The van der Waals surface area contributed by atoms with Crippen LogP contribution in [-0.2, 0) is 30.6 Å². The Balaban J connectivity index is 1.56. The van der Waals surface area contributed by atoms with Crippen molar-refractivity contribution in [2.24, 2.45) is 0 Å². The van der Waals surface area contributed by atoms with Crippen molar-refractivity contribution in [3.05, 3.63) is 36.7 Å². The highest BCUT2D eigenvalue weighted by molar-refractivity contribution is 8.09. The molecule has 3 aromatic rings. The Kier molecular flexibility index (Phi) is 9.97. The minimum absolute atomic E-state index is 0.0641. The molecule has 1 aliphatic heterocycles. The third-order valence-corrected chi connectivity index (χ3v) is 9.07. The van der Waals surface area contributed by atoms with Crippen molar-refractivity contribution in [2.45, 2.75) is 62.6 Å². The van der Waals surface area contributed by atoms with E-state index in [1.54, 1.807) is 52.0 Å². The first-order chi connectivity index (χ1) is 19.3. The zero-order valence-corrected chi connectivity index (χ0v) is 25.9. The lowest BCUT2D eigenvalue weighted by Crippen LogP contribution is -2.39. The maximum Gasteiger partial charge on any atom is 0.323 e. The smallest absolute Gasteiger partial charge is 0.323 e. The Morgan fingerprint density at radius 2 is 2.00 bits per heavy atom. The first kappa shape index (κ1) is 31.6. The van der Waals surface area contributed by atoms with E-state index in [4.69, 9.17) is 64.0 Å². The van der Waals surface area contributed by atoms with Crippen molar-refractivity contribution < 1.29 is 33.2 Å². The maximum atomic E-state index is 12.5. The van der Waals surface area contributed by atoms with E-state index in [1.165, 1.54) is 10.9 Å². The highest BCUT2D eigenvalue weighted by Gasteiger charge is 2.56. The Labute approximate surface area is 251 Å². The number of imidazole rings is 1. The number of nitrogens with one attached hydrogen (secondary N) is 1. The summed E-state index contributed by atoms with van der Waals surface area (Å²) in [5, 5.41) is 14.0. The number of aliphatic hydroxyl groups is 1. The minimum Gasteiger partial charge on any atom is -0.476 e. The number of hydrogen-bond acceptors (Lipinski definition) is 12. The molecule has 1 saturated heterocycles. The van der Waals surface area contributed by atoms with Gasteiger partial charge in [-0.25, -0.2) is 10.1 Å². The average Bonchev–Trinajstić information content (AvgIpc) is 3.41. The number of aliphatic hydroxyl groups excluding tert-OH is 1. The highest BCUT2D eigenvalue weighted by Crippen LogP contribution is 2.50. The van der Waals surface area contributed by atoms with Gasteiger partial charge in [0.1, 0.15) is 24.0 Å². The van der Waals surface area contributed by atoms with Gasteiger partial charge in [0.05, 0.1) is 25.6 Å². The van der Waals surface area contributed by atoms with E-state index < -0.39 is 41.4 Å². The van der Waals surface area contributed by atoms with Gasteiger partial charge in [-0.15, -0.1) is 0 Å². The Morgan fingerprint density at radius 1 is 1.29 bits per heavy atom. The van der Waals surface area contributed by atoms with Crippen molar-refractivity contribution >= 4 is 64.7 Å². The van der Waals surface area contributed by atoms with E-state index in [0.717, 1.165) is 0 Å². The van der Waals surface area contributed by atoms with Crippen LogP contribution in [0.4, 0.5) is 5.95 Å². The molecule has 0 aliphatic carbocycles. The molecule has 17 heteroatoms. The van der Waals surface area contributed by atoms with E-state index in [1.807, 2.05) is 6.07 Å². The molecule has 224 valence electrons. The average molecular weight is 649 g/mol. The quantitative estimate of drug-likeness (QED) is 0.149. The molecule has 3 heterocycles. The van der Waals surface area contributed by atoms with Crippen molar-refractivity contribution in [2.75, 3.05) is 18.9 Å². The number of aromatic nitrogens is 4. The molecule has 1 fully saturated rings. The molecule has 5 atom stereocenters. The standard InChI is InChI=1S/C24H31Cl2N6O7PS/c1-5-35-20-17-19(29-23(27)30-20)32(12-28-17)22-24(25,26)18(33)16(38-22)11-36-40(41,39-15-9-7-6-8-10-15)31-14(4)21(34)37-13(2)3/h6-10,12-14,16,18,22,33H,5,11H2,1-4H3,(H,31,41)(H2,27,29,30)/t14?,16-,18-,22-,40?/m1/s1. The molecular formula is C24H31Cl2N6O7PS. The SMILES string of the molecule is CCOc1nc(N)nc2c1ncn2[C@@H]1O[C@H](COP(=S)(NC(C)C(=O)OC(C)C)Oc2ccccc2)[C@@H](O)C1(Cl)Cl. The number of ether oxygens (including phenoxy) is 3. The van der Waals surface area contributed by atoms with Crippen LogP contribution in [0.5, 0.6) is 11.6 Å². The van der Waals surface area contributed by atoms with Crippen LogP contribution in [0.3, 0.4) is 0 Å². The number of benzene rings is 1. The fourth-order valence-electron chi connectivity index (χ4n) is 3.93. The molecule has 4 N–H and O–H groups in total. The number of fused-ring (bicyclic) bond motifs is 1. The third kappa shape index (κ3) is 7.20. The molecule has 0 amide bonds. The largest absolute Gasteiger partial charge is 0.476 e. The predicted molar refractivity (Wildman–Crippen MR) is 156 cm³/mol. The van der Waals surface area contributed by atoms with E-state index in [0.29, 0.717) is 17.9 Å². The Hall–Kier alpha value is -2.29. The lowest BCUT2D eigenvalue weighted by Gasteiger charge is -2.28. The van der Waals surface area contributed by atoms with Gasteiger partial charge in [0.25, 0.3) is 0 Å². The van der Waals surface area contributed by atoms with Gasteiger partial charge in [-0.3, -0.25) is 9.36 Å². The van der Waals surface area contributed by atoms with E-state index in [9.17, 15) is 9.90 Å². The molecule has 0 saturated carbocycles. The van der Waals surface area contributed by atoms with Crippen molar-refractivity contribution in [1.82, 2.24) is 24.6 Å². The predicted octanol–water partition coefficient (Wildman–Crippen LogP) is 3.49. The zero-order valence-electron chi connectivity index (χ0n) is 22.6. The molecular weight excluding hydrogens is 618 g/mol. The van der Waals surface area contributed by atoms with E-state index >= 15 is 0 Å². The number of rotatable bonds is 12. The number of anilines is 1. The fraction of sp³-hybridized carbons (Fsp3) is 0.500. The molecule has 0 spiro atoms. The Morgan fingerprint density at radius 3 is 2.66 bits per heavy atom. The minimum atomic E-state index is -3.42. The van der Waals surface area contributed by atoms with Gasteiger partial charge in [0.2, 0.25) is 11.8 Å². The molecule has 1 aliphatic rings. The second-order valence-electron chi connectivity index (χ2n) is 9.32. The topological polar surface area (TPSA) is 165 Å². The van der Waals surface area contributed by atoms with Crippen LogP contribution in [0.1, 0.15) is 33.9 Å². The third-order valence-electron chi connectivity index (χ3n) is 5.75. The first-order valence-electron chi connectivity index (χ1n) is 12.7. The number of para-hydroxylation sites is 1. The van der Waals surface area contributed by atoms with Gasteiger partial charge in [-0.2, -0.15) is 9.97 Å². The number of esters is 1. The molecule has 41 heavy (non-hydrogen) atoms. The first-order valence-corrected chi connectivity index (χ1v) is 16.1. The number of carbonyl (C=O) groups is 1. The van der Waals surface area contributed by atoms with Crippen LogP contribution in [-0.4, -0.2) is 72.5 Å². The summed E-state index contributed by atoms with van der Waals surface area (Å²) in [4.78, 5) is 25.1. The highest BCUT2D eigenvalue weighted by atomic mass is 35.5.